The van der Waals surface area contributed by atoms with Crippen LogP contribution < -0.4 is 4.74 Å². The van der Waals surface area contributed by atoms with Gasteiger partial charge in [0.15, 0.2) is 0 Å². The van der Waals surface area contributed by atoms with Gasteiger partial charge in [0.2, 0.25) is 0 Å². The Bertz CT molecular complexity index is 416. The molecule has 1 rings (SSSR count). The molecule has 1 aromatic carbocycles. The molecule has 98 valence electrons. The number of benzene rings is 1. The van der Waals surface area contributed by atoms with Crippen LogP contribution in [0, 0.1) is 5.92 Å². The van der Waals surface area contributed by atoms with Crippen LogP contribution in [0.2, 0.25) is 0 Å². The van der Waals surface area contributed by atoms with Gasteiger partial charge in [-0.1, -0.05) is 26.0 Å². The predicted octanol–water partition coefficient (Wildman–Crippen LogP) is 3.60. The van der Waals surface area contributed by atoms with E-state index in [9.17, 15) is 4.79 Å². The van der Waals surface area contributed by atoms with Crippen molar-refractivity contribution in [2.75, 3.05) is 6.61 Å². The quantitative estimate of drug-likeness (QED) is 0.782. The number of carboxylic acids is 1. The topological polar surface area (TPSA) is 46.5 Å². The second kappa shape index (κ2) is 6.84. The summed E-state index contributed by atoms with van der Waals surface area (Å²) < 4.78 is 5.37. The Hall–Kier alpha value is -1.77. The highest BCUT2D eigenvalue weighted by atomic mass is 16.5. The van der Waals surface area contributed by atoms with Gasteiger partial charge in [-0.15, -0.1) is 0 Å². The van der Waals surface area contributed by atoms with Gasteiger partial charge >= 0.3 is 5.97 Å². The van der Waals surface area contributed by atoms with E-state index in [1.165, 1.54) is 6.08 Å². The molecule has 0 bridgehead atoms. The van der Waals surface area contributed by atoms with E-state index in [-0.39, 0.29) is 0 Å². The highest BCUT2D eigenvalue weighted by molar-refractivity contribution is 5.90. The van der Waals surface area contributed by atoms with Gasteiger partial charge in [-0.25, -0.2) is 4.79 Å². The lowest BCUT2D eigenvalue weighted by Crippen LogP contribution is -1.97. The Morgan fingerprint density at radius 1 is 1.33 bits per heavy atom. The molecule has 1 N–H and O–H groups in total. The lowest BCUT2D eigenvalue weighted by atomic mass is 9.96. The molecule has 0 aromatic heterocycles. The fourth-order valence-electron chi connectivity index (χ4n) is 1.78. The number of rotatable bonds is 6. The number of carboxylic acid groups (broad SMARTS) is 1. The summed E-state index contributed by atoms with van der Waals surface area (Å²) in [6, 6.07) is 7.55. The zero-order valence-electron chi connectivity index (χ0n) is 11.1. The first kappa shape index (κ1) is 14.3. The van der Waals surface area contributed by atoms with Crippen LogP contribution in [-0.2, 0) is 4.79 Å². The third-order valence-corrected chi connectivity index (χ3v) is 2.46. The second-order valence-corrected chi connectivity index (χ2v) is 4.56. The molecule has 0 saturated carbocycles. The third-order valence-electron chi connectivity index (χ3n) is 2.46. The summed E-state index contributed by atoms with van der Waals surface area (Å²) in [6.45, 7) is 6.71. The smallest absolute Gasteiger partial charge is 0.328 e. The standard InChI is InChI=1S/C15H20O3/c1-4-18-14-7-5-12(6-8-14)13(9-11(2)3)10-15(16)17/h5-8,10-11H,4,9H2,1-3H3,(H,16,17)/b13-10+. The van der Waals surface area contributed by atoms with E-state index in [2.05, 4.69) is 13.8 Å². The van der Waals surface area contributed by atoms with E-state index in [4.69, 9.17) is 9.84 Å². The number of hydrogen-bond acceptors (Lipinski definition) is 2. The Morgan fingerprint density at radius 3 is 2.39 bits per heavy atom. The number of allylic oxidation sites excluding steroid dienone is 1. The molecule has 0 aliphatic rings. The van der Waals surface area contributed by atoms with Crippen LogP contribution >= 0.6 is 0 Å². The lowest BCUT2D eigenvalue weighted by molar-refractivity contribution is -0.131. The van der Waals surface area contributed by atoms with E-state index < -0.39 is 5.97 Å². The molecule has 0 unspecified atom stereocenters. The van der Waals surface area contributed by atoms with Crippen LogP contribution in [0.15, 0.2) is 30.3 Å². The third kappa shape index (κ3) is 4.62. The number of aliphatic carboxylic acids is 1. The second-order valence-electron chi connectivity index (χ2n) is 4.56. The SMILES string of the molecule is CCOc1ccc(/C(=C/C(=O)O)CC(C)C)cc1. The largest absolute Gasteiger partial charge is 0.494 e. The van der Waals surface area contributed by atoms with E-state index in [0.29, 0.717) is 12.5 Å². The molecule has 0 atom stereocenters. The van der Waals surface area contributed by atoms with Crippen molar-refractivity contribution in [1.82, 2.24) is 0 Å². The monoisotopic (exact) mass is 248 g/mol. The van der Waals surface area contributed by atoms with Crippen LogP contribution in [0.3, 0.4) is 0 Å². The van der Waals surface area contributed by atoms with Gasteiger partial charge in [-0.05, 0) is 42.5 Å². The summed E-state index contributed by atoms with van der Waals surface area (Å²) in [5, 5.41) is 8.90. The highest BCUT2D eigenvalue weighted by Crippen LogP contribution is 2.24. The summed E-state index contributed by atoms with van der Waals surface area (Å²) in [7, 11) is 0. The van der Waals surface area contributed by atoms with Crippen molar-refractivity contribution in [2.24, 2.45) is 5.92 Å². The minimum atomic E-state index is -0.903. The summed E-state index contributed by atoms with van der Waals surface area (Å²) in [5.74, 6) is 0.321. The Labute approximate surface area is 108 Å². The van der Waals surface area contributed by atoms with Crippen molar-refractivity contribution in [3.8, 4) is 5.75 Å². The van der Waals surface area contributed by atoms with Crippen molar-refractivity contribution in [3.05, 3.63) is 35.9 Å². The molecule has 0 aliphatic heterocycles. The van der Waals surface area contributed by atoms with E-state index in [1.807, 2.05) is 31.2 Å². The minimum Gasteiger partial charge on any atom is -0.494 e. The Morgan fingerprint density at radius 2 is 1.94 bits per heavy atom. The summed E-state index contributed by atoms with van der Waals surface area (Å²) in [5.41, 5.74) is 1.79. The number of ether oxygens (including phenoxy) is 1. The van der Waals surface area contributed by atoms with Gasteiger partial charge in [0, 0.05) is 6.08 Å². The molecule has 1 aromatic rings. The average Bonchev–Trinajstić information content (AvgIpc) is 2.28. The summed E-state index contributed by atoms with van der Waals surface area (Å²) in [6.07, 6.45) is 2.04. The van der Waals surface area contributed by atoms with Crippen LogP contribution in [-0.4, -0.2) is 17.7 Å². The fraction of sp³-hybridized carbons (Fsp3) is 0.400. The first-order valence-electron chi connectivity index (χ1n) is 6.19. The molecule has 0 saturated heterocycles. The van der Waals surface area contributed by atoms with Crippen molar-refractivity contribution < 1.29 is 14.6 Å². The molecular formula is C15H20O3. The highest BCUT2D eigenvalue weighted by Gasteiger charge is 2.07. The summed E-state index contributed by atoms with van der Waals surface area (Å²) >= 11 is 0. The Kier molecular flexibility index (Phi) is 5.43. The molecule has 3 nitrogen and oxygen atoms in total. The normalized spacial score (nSPS) is 11.7. The van der Waals surface area contributed by atoms with Crippen LogP contribution in [0.4, 0.5) is 0 Å². The van der Waals surface area contributed by atoms with E-state index in [0.717, 1.165) is 23.3 Å². The zero-order chi connectivity index (χ0) is 13.5. The molecule has 0 aliphatic carbocycles. The number of hydrogen-bond donors (Lipinski definition) is 1. The first-order valence-corrected chi connectivity index (χ1v) is 6.19. The van der Waals surface area contributed by atoms with Crippen molar-refractivity contribution in [2.45, 2.75) is 27.2 Å². The van der Waals surface area contributed by atoms with Gasteiger partial charge in [0.1, 0.15) is 5.75 Å². The van der Waals surface area contributed by atoms with Gasteiger partial charge in [0.25, 0.3) is 0 Å². The molecule has 3 heteroatoms. The van der Waals surface area contributed by atoms with Gasteiger partial charge < -0.3 is 9.84 Å². The number of carbonyl (C=O) groups is 1. The van der Waals surface area contributed by atoms with Crippen LogP contribution in [0.5, 0.6) is 5.75 Å². The molecule has 0 amide bonds. The van der Waals surface area contributed by atoms with Crippen LogP contribution in [0.25, 0.3) is 5.57 Å². The zero-order valence-corrected chi connectivity index (χ0v) is 11.1. The minimum absolute atomic E-state index is 0.419. The van der Waals surface area contributed by atoms with Crippen molar-refractivity contribution in [3.63, 3.8) is 0 Å². The first-order chi connectivity index (χ1) is 8.52. The maximum Gasteiger partial charge on any atom is 0.328 e. The molecule has 0 fully saturated rings. The van der Waals surface area contributed by atoms with Gasteiger partial charge in [-0.3, -0.25) is 0 Å². The Balaban J connectivity index is 2.95. The molecule has 0 heterocycles. The van der Waals surface area contributed by atoms with Gasteiger partial charge in [0.05, 0.1) is 6.61 Å². The average molecular weight is 248 g/mol. The van der Waals surface area contributed by atoms with Crippen molar-refractivity contribution in [1.29, 1.82) is 0 Å². The van der Waals surface area contributed by atoms with E-state index in [1.54, 1.807) is 0 Å². The molecular weight excluding hydrogens is 228 g/mol. The maximum absolute atomic E-state index is 10.8. The predicted molar refractivity (Wildman–Crippen MR) is 72.7 cm³/mol. The van der Waals surface area contributed by atoms with Gasteiger partial charge in [-0.2, -0.15) is 0 Å². The van der Waals surface area contributed by atoms with E-state index >= 15 is 0 Å². The molecule has 0 radical (unpaired) electrons. The van der Waals surface area contributed by atoms with Crippen LogP contribution in [0.1, 0.15) is 32.8 Å². The lowest BCUT2D eigenvalue weighted by Gasteiger charge is -2.11. The maximum atomic E-state index is 10.8. The molecule has 18 heavy (non-hydrogen) atoms. The summed E-state index contributed by atoms with van der Waals surface area (Å²) in [4.78, 5) is 10.8. The fourth-order valence-corrected chi connectivity index (χ4v) is 1.78. The molecule has 0 spiro atoms. The van der Waals surface area contributed by atoms with Crippen molar-refractivity contribution >= 4 is 11.5 Å².